The van der Waals surface area contributed by atoms with E-state index in [1.807, 2.05) is 11.9 Å². The lowest BCUT2D eigenvalue weighted by atomic mass is 9.83. The van der Waals surface area contributed by atoms with Gasteiger partial charge in [-0.15, -0.1) is 11.3 Å². The molecule has 3 aliphatic rings. The highest BCUT2D eigenvalue weighted by Crippen LogP contribution is 2.43. The van der Waals surface area contributed by atoms with Crippen molar-refractivity contribution in [3.8, 4) is 0 Å². The standard InChI is InChI=1S/C22H30N4O2S/c1-26(14-18-15-5-3-2-4-6-17(15)24-25-18)21(27)20-13-16-19(29-20)7-12-28-22(16)8-10-23-11-9-22/h13,23H,2-12,14H2,1H3,(H,24,25). The number of aromatic amines is 1. The van der Waals surface area contributed by atoms with Crippen LogP contribution in [0, 0.1) is 0 Å². The van der Waals surface area contributed by atoms with Crippen LogP contribution in [0.4, 0.5) is 0 Å². The maximum absolute atomic E-state index is 13.2. The minimum absolute atomic E-state index is 0.0962. The fourth-order valence-corrected chi connectivity index (χ4v) is 6.33. The van der Waals surface area contributed by atoms with Crippen molar-refractivity contribution in [2.45, 2.75) is 63.5 Å². The molecule has 2 aromatic heterocycles. The highest BCUT2D eigenvalue weighted by molar-refractivity contribution is 7.14. The average Bonchev–Trinajstić information content (AvgIpc) is 3.26. The molecular formula is C22H30N4O2S. The van der Waals surface area contributed by atoms with Crippen LogP contribution in [-0.4, -0.2) is 47.7 Å². The molecule has 1 amide bonds. The highest BCUT2D eigenvalue weighted by Gasteiger charge is 2.40. The van der Waals surface area contributed by atoms with E-state index in [0.29, 0.717) is 6.54 Å². The van der Waals surface area contributed by atoms with Gasteiger partial charge in [-0.2, -0.15) is 5.10 Å². The Morgan fingerprint density at radius 3 is 2.93 bits per heavy atom. The van der Waals surface area contributed by atoms with E-state index in [-0.39, 0.29) is 11.5 Å². The number of hydrogen-bond donors (Lipinski definition) is 2. The Labute approximate surface area is 176 Å². The first-order valence-corrected chi connectivity index (χ1v) is 11.8. The number of carbonyl (C=O) groups is 1. The number of ether oxygens (including phenoxy) is 1. The number of carbonyl (C=O) groups excluding carboxylic acids is 1. The quantitative estimate of drug-likeness (QED) is 0.757. The molecule has 2 aliphatic heterocycles. The molecule has 1 aliphatic carbocycles. The largest absolute Gasteiger partial charge is 0.370 e. The number of nitrogens with zero attached hydrogens (tertiary/aromatic N) is 2. The maximum atomic E-state index is 13.2. The van der Waals surface area contributed by atoms with Crippen molar-refractivity contribution in [3.05, 3.63) is 38.3 Å². The van der Waals surface area contributed by atoms with Gasteiger partial charge < -0.3 is 15.0 Å². The van der Waals surface area contributed by atoms with Gasteiger partial charge in [0.15, 0.2) is 0 Å². The molecule has 29 heavy (non-hydrogen) atoms. The Morgan fingerprint density at radius 2 is 2.07 bits per heavy atom. The number of nitrogens with one attached hydrogen (secondary N) is 2. The summed E-state index contributed by atoms with van der Waals surface area (Å²) < 4.78 is 6.27. The lowest BCUT2D eigenvalue weighted by Crippen LogP contribution is -2.44. The highest BCUT2D eigenvalue weighted by atomic mass is 32.1. The third-order valence-corrected chi connectivity index (χ3v) is 7.94. The van der Waals surface area contributed by atoms with E-state index in [9.17, 15) is 4.79 Å². The first-order valence-electron chi connectivity index (χ1n) is 10.9. The van der Waals surface area contributed by atoms with Gasteiger partial charge in [0.05, 0.1) is 29.3 Å². The Bertz CT molecular complexity index is 897. The molecular weight excluding hydrogens is 384 g/mol. The molecule has 0 saturated carbocycles. The lowest BCUT2D eigenvalue weighted by molar-refractivity contribution is -0.0792. The molecule has 7 heteroatoms. The number of H-pyrrole nitrogens is 1. The van der Waals surface area contributed by atoms with E-state index in [4.69, 9.17) is 4.74 Å². The van der Waals surface area contributed by atoms with E-state index in [2.05, 4.69) is 21.6 Å². The van der Waals surface area contributed by atoms with Crippen LogP contribution in [0.3, 0.4) is 0 Å². The van der Waals surface area contributed by atoms with Crippen LogP contribution in [0.25, 0.3) is 0 Å². The summed E-state index contributed by atoms with van der Waals surface area (Å²) >= 11 is 1.66. The molecule has 2 N–H and O–H groups in total. The Balaban J connectivity index is 1.35. The molecule has 0 atom stereocenters. The molecule has 0 bridgehead atoms. The zero-order chi connectivity index (χ0) is 19.8. The summed E-state index contributed by atoms with van der Waals surface area (Å²) in [6.07, 6.45) is 8.75. The van der Waals surface area contributed by atoms with Crippen LogP contribution in [0.5, 0.6) is 0 Å². The SMILES string of the molecule is CN(Cc1n[nH]c2c1CCCCC2)C(=O)c1cc2c(s1)CCOC21CCNCC1. The first-order chi connectivity index (χ1) is 14.2. The van der Waals surface area contributed by atoms with Crippen molar-refractivity contribution < 1.29 is 9.53 Å². The Kier molecular flexibility index (Phi) is 5.22. The molecule has 0 aromatic carbocycles. The molecule has 1 fully saturated rings. The fourth-order valence-electron chi connectivity index (χ4n) is 5.11. The van der Waals surface area contributed by atoms with E-state index in [1.54, 1.807) is 11.3 Å². The van der Waals surface area contributed by atoms with Gasteiger partial charge in [-0.3, -0.25) is 9.89 Å². The summed E-state index contributed by atoms with van der Waals surface area (Å²) in [5.41, 5.74) is 4.73. The topological polar surface area (TPSA) is 70.2 Å². The van der Waals surface area contributed by atoms with E-state index >= 15 is 0 Å². The van der Waals surface area contributed by atoms with Gasteiger partial charge in [0.1, 0.15) is 0 Å². The second kappa shape index (κ2) is 7.85. The van der Waals surface area contributed by atoms with E-state index in [0.717, 1.165) is 62.4 Å². The third kappa shape index (κ3) is 3.53. The minimum Gasteiger partial charge on any atom is -0.370 e. The molecule has 0 unspecified atom stereocenters. The van der Waals surface area contributed by atoms with Crippen molar-refractivity contribution in [3.63, 3.8) is 0 Å². The molecule has 4 heterocycles. The van der Waals surface area contributed by atoms with Crippen molar-refractivity contribution >= 4 is 17.2 Å². The zero-order valence-corrected chi connectivity index (χ0v) is 18.0. The van der Waals surface area contributed by atoms with Crippen LogP contribution in [-0.2, 0) is 36.1 Å². The van der Waals surface area contributed by atoms with Gasteiger partial charge in [0, 0.05) is 24.0 Å². The summed E-state index contributed by atoms with van der Waals surface area (Å²) in [6, 6.07) is 2.12. The maximum Gasteiger partial charge on any atom is 0.264 e. The van der Waals surface area contributed by atoms with Crippen molar-refractivity contribution in [2.24, 2.45) is 0 Å². The number of amides is 1. The van der Waals surface area contributed by atoms with Crippen molar-refractivity contribution in [2.75, 3.05) is 26.7 Å². The summed E-state index contributed by atoms with van der Waals surface area (Å²) in [4.78, 5) is 17.2. The van der Waals surface area contributed by atoms with Crippen LogP contribution in [0.2, 0.25) is 0 Å². The molecule has 0 radical (unpaired) electrons. The fraction of sp³-hybridized carbons (Fsp3) is 0.636. The molecule has 6 nitrogen and oxygen atoms in total. The number of thiophene rings is 1. The number of aryl methyl sites for hydroxylation is 1. The van der Waals surface area contributed by atoms with Gasteiger partial charge in [-0.1, -0.05) is 6.42 Å². The number of fused-ring (bicyclic) bond motifs is 3. The first kappa shape index (κ1) is 19.3. The van der Waals surface area contributed by atoms with Crippen molar-refractivity contribution in [1.82, 2.24) is 20.4 Å². The molecule has 2 aromatic rings. The number of rotatable bonds is 3. The van der Waals surface area contributed by atoms with E-state index < -0.39 is 0 Å². The van der Waals surface area contributed by atoms with E-state index in [1.165, 1.54) is 41.0 Å². The zero-order valence-electron chi connectivity index (χ0n) is 17.2. The van der Waals surface area contributed by atoms with Crippen LogP contribution < -0.4 is 5.32 Å². The second-order valence-corrected chi connectivity index (χ2v) is 9.78. The molecule has 1 saturated heterocycles. The van der Waals surface area contributed by atoms with Crippen LogP contribution >= 0.6 is 11.3 Å². The number of piperidine rings is 1. The lowest BCUT2D eigenvalue weighted by Gasteiger charge is -2.40. The monoisotopic (exact) mass is 414 g/mol. The van der Waals surface area contributed by atoms with Crippen LogP contribution in [0.1, 0.15) is 69.2 Å². The van der Waals surface area contributed by atoms with Crippen molar-refractivity contribution in [1.29, 1.82) is 0 Å². The average molecular weight is 415 g/mol. The number of aromatic nitrogens is 2. The second-order valence-electron chi connectivity index (χ2n) is 8.64. The Hall–Kier alpha value is -1.70. The number of hydrogen-bond acceptors (Lipinski definition) is 5. The van der Waals surface area contributed by atoms with Gasteiger partial charge in [0.25, 0.3) is 5.91 Å². The summed E-state index contributed by atoms with van der Waals surface area (Å²) in [6.45, 7) is 3.28. The normalized spacial score (nSPS) is 20.7. The minimum atomic E-state index is -0.189. The summed E-state index contributed by atoms with van der Waals surface area (Å²) in [7, 11) is 1.90. The third-order valence-electron chi connectivity index (χ3n) is 6.75. The van der Waals surface area contributed by atoms with Gasteiger partial charge in [-0.05, 0) is 68.8 Å². The predicted molar refractivity (Wildman–Crippen MR) is 113 cm³/mol. The smallest absolute Gasteiger partial charge is 0.264 e. The summed E-state index contributed by atoms with van der Waals surface area (Å²) in [5, 5.41) is 11.2. The van der Waals surface area contributed by atoms with Gasteiger partial charge in [0.2, 0.25) is 0 Å². The molecule has 156 valence electrons. The van der Waals surface area contributed by atoms with Gasteiger partial charge >= 0.3 is 0 Å². The Morgan fingerprint density at radius 1 is 1.24 bits per heavy atom. The molecule has 5 rings (SSSR count). The van der Waals surface area contributed by atoms with Crippen LogP contribution in [0.15, 0.2) is 6.07 Å². The van der Waals surface area contributed by atoms with Gasteiger partial charge in [-0.25, -0.2) is 0 Å². The predicted octanol–water partition coefficient (Wildman–Crippen LogP) is 3.16. The summed E-state index contributed by atoms with van der Waals surface area (Å²) in [5.74, 6) is 0.0962. The molecule has 1 spiro atoms.